The van der Waals surface area contributed by atoms with E-state index >= 15 is 0 Å². The third-order valence-corrected chi connectivity index (χ3v) is 2.58. The van der Waals surface area contributed by atoms with Crippen LogP contribution in [0.2, 0.25) is 0 Å². The highest BCUT2D eigenvalue weighted by Gasteiger charge is 2.13. The first-order valence-corrected chi connectivity index (χ1v) is 4.72. The molecule has 2 rings (SSSR count). The van der Waals surface area contributed by atoms with Gasteiger partial charge >= 0.3 is 0 Å². The highest BCUT2D eigenvalue weighted by Crippen LogP contribution is 2.27. The van der Waals surface area contributed by atoms with E-state index in [1.54, 1.807) is 0 Å². The van der Waals surface area contributed by atoms with Crippen LogP contribution in [-0.4, -0.2) is 15.9 Å². The molecular weight excluding hydrogens is 222 g/mol. The average molecular weight is 226 g/mol. The van der Waals surface area contributed by atoms with Crippen LogP contribution in [0.3, 0.4) is 0 Å². The summed E-state index contributed by atoms with van der Waals surface area (Å²) in [5.74, 6) is -1.40. The van der Waals surface area contributed by atoms with Gasteiger partial charge in [0.25, 0.3) is 0 Å². The molecule has 1 heterocycles. The molecule has 0 saturated heterocycles. The second kappa shape index (κ2) is 3.82. The third kappa shape index (κ3) is 1.75. The number of benzene rings is 1. The Balaban J connectivity index is 2.59. The Bertz CT molecular complexity index is 513. The molecule has 0 atom stereocenters. The van der Waals surface area contributed by atoms with E-state index in [-0.39, 0.29) is 11.3 Å². The Morgan fingerprint density at radius 2 is 2.13 bits per heavy atom. The van der Waals surface area contributed by atoms with E-state index in [0.29, 0.717) is 11.2 Å². The van der Waals surface area contributed by atoms with Gasteiger partial charge in [0.05, 0.1) is 4.88 Å². The van der Waals surface area contributed by atoms with Gasteiger partial charge in [0.15, 0.2) is 6.29 Å². The quantitative estimate of drug-likeness (QED) is 0.738. The van der Waals surface area contributed by atoms with Crippen molar-refractivity contribution in [3.63, 3.8) is 0 Å². The molecule has 0 aliphatic carbocycles. The molecule has 0 fully saturated rings. The topological polar surface area (TPSA) is 42.9 Å². The maximum absolute atomic E-state index is 13.3. The van der Waals surface area contributed by atoms with Crippen LogP contribution in [0.15, 0.2) is 18.2 Å². The zero-order valence-corrected chi connectivity index (χ0v) is 8.09. The van der Waals surface area contributed by atoms with E-state index in [4.69, 9.17) is 0 Å². The van der Waals surface area contributed by atoms with Gasteiger partial charge in [-0.3, -0.25) is 4.79 Å². The van der Waals surface area contributed by atoms with Gasteiger partial charge in [-0.1, -0.05) is 4.49 Å². The number of aromatic nitrogens is 2. The second-order valence-corrected chi connectivity index (χ2v) is 3.48. The lowest BCUT2D eigenvalue weighted by molar-refractivity contribution is 0.111. The molecule has 6 heteroatoms. The molecule has 0 spiro atoms. The Hall–Kier alpha value is -1.69. The van der Waals surface area contributed by atoms with Crippen molar-refractivity contribution >= 4 is 17.8 Å². The summed E-state index contributed by atoms with van der Waals surface area (Å²) in [5, 5.41) is 3.51. The highest BCUT2D eigenvalue weighted by molar-refractivity contribution is 7.09. The van der Waals surface area contributed by atoms with Crippen molar-refractivity contribution < 1.29 is 13.6 Å². The normalized spacial score (nSPS) is 10.3. The highest BCUT2D eigenvalue weighted by atomic mass is 32.1. The molecule has 15 heavy (non-hydrogen) atoms. The molecule has 0 unspecified atom stereocenters. The summed E-state index contributed by atoms with van der Waals surface area (Å²) in [6.45, 7) is 0. The van der Waals surface area contributed by atoms with Crippen molar-refractivity contribution in [2.24, 2.45) is 0 Å². The zero-order chi connectivity index (χ0) is 10.8. The lowest BCUT2D eigenvalue weighted by atomic mass is 10.1. The maximum atomic E-state index is 13.3. The molecular formula is C9H4F2N2OS. The summed E-state index contributed by atoms with van der Waals surface area (Å²) in [7, 11) is 0. The maximum Gasteiger partial charge on any atom is 0.171 e. The van der Waals surface area contributed by atoms with Gasteiger partial charge in [0.2, 0.25) is 0 Å². The number of carbonyl (C=O) groups excluding carboxylic acids is 1. The Labute approximate surface area is 87.5 Å². The Morgan fingerprint density at radius 1 is 1.33 bits per heavy atom. The van der Waals surface area contributed by atoms with Crippen molar-refractivity contribution in [2.45, 2.75) is 0 Å². The van der Waals surface area contributed by atoms with Crippen molar-refractivity contribution in [2.75, 3.05) is 0 Å². The van der Waals surface area contributed by atoms with Crippen molar-refractivity contribution in [3.05, 3.63) is 35.5 Å². The molecule has 0 aliphatic rings. The summed E-state index contributed by atoms with van der Waals surface area (Å²) in [6.07, 6.45) is 0.488. The Morgan fingerprint density at radius 3 is 2.80 bits per heavy atom. The molecule has 0 bridgehead atoms. The molecule has 76 valence electrons. The number of carbonyl (C=O) groups is 1. The van der Waals surface area contributed by atoms with Crippen LogP contribution in [0.25, 0.3) is 10.4 Å². The summed E-state index contributed by atoms with van der Waals surface area (Å²) >= 11 is 0.892. The summed E-state index contributed by atoms with van der Waals surface area (Å²) < 4.78 is 29.5. The Kier molecular flexibility index (Phi) is 2.51. The molecule has 0 aliphatic heterocycles. The monoisotopic (exact) mass is 226 g/mol. The molecule has 2 aromatic rings. The number of aldehydes is 1. The van der Waals surface area contributed by atoms with Gasteiger partial charge in [-0.25, -0.2) is 8.78 Å². The van der Waals surface area contributed by atoms with E-state index in [1.165, 1.54) is 6.07 Å². The standard InChI is InChI=1S/C9H4F2N2OS/c10-5-1-2-6(7(11)3-5)9-8(4-14)12-13-15-9/h1-4H. The number of hydrogen-bond acceptors (Lipinski definition) is 4. The van der Waals surface area contributed by atoms with Crippen molar-refractivity contribution in [1.82, 2.24) is 9.59 Å². The first kappa shape index (κ1) is 9.85. The molecule has 0 N–H and O–H groups in total. The number of nitrogens with zero attached hydrogens (tertiary/aromatic N) is 2. The fraction of sp³-hybridized carbons (Fsp3) is 0. The predicted octanol–water partition coefficient (Wildman–Crippen LogP) is 2.30. The molecule has 0 amide bonds. The number of hydrogen-bond donors (Lipinski definition) is 0. The predicted molar refractivity (Wildman–Crippen MR) is 50.6 cm³/mol. The lowest BCUT2D eigenvalue weighted by Gasteiger charge is -1.99. The van der Waals surface area contributed by atoms with E-state index in [1.807, 2.05) is 0 Å². The first-order valence-electron chi connectivity index (χ1n) is 3.95. The zero-order valence-electron chi connectivity index (χ0n) is 7.28. The molecule has 1 aromatic carbocycles. The minimum absolute atomic E-state index is 0.0607. The van der Waals surface area contributed by atoms with Crippen LogP contribution < -0.4 is 0 Å². The fourth-order valence-corrected chi connectivity index (χ4v) is 1.79. The van der Waals surface area contributed by atoms with Crippen LogP contribution in [0.5, 0.6) is 0 Å². The van der Waals surface area contributed by atoms with Crippen LogP contribution in [0.4, 0.5) is 8.78 Å². The fourth-order valence-electron chi connectivity index (χ4n) is 1.14. The molecule has 3 nitrogen and oxygen atoms in total. The summed E-state index contributed by atoms with van der Waals surface area (Å²) in [4.78, 5) is 10.9. The van der Waals surface area contributed by atoms with Gasteiger partial charge in [-0.05, 0) is 23.7 Å². The van der Waals surface area contributed by atoms with Crippen molar-refractivity contribution in [1.29, 1.82) is 0 Å². The molecule has 0 saturated carbocycles. The first-order chi connectivity index (χ1) is 7.22. The van der Waals surface area contributed by atoms with Gasteiger partial charge in [0, 0.05) is 11.6 Å². The van der Waals surface area contributed by atoms with E-state index < -0.39 is 11.6 Å². The minimum atomic E-state index is -0.732. The average Bonchev–Trinajstić information content (AvgIpc) is 2.65. The van der Waals surface area contributed by atoms with Gasteiger partial charge in [0.1, 0.15) is 17.3 Å². The van der Waals surface area contributed by atoms with Crippen LogP contribution in [0.1, 0.15) is 10.5 Å². The summed E-state index contributed by atoms with van der Waals surface area (Å²) in [6, 6.07) is 3.13. The lowest BCUT2D eigenvalue weighted by Crippen LogP contribution is -1.88. The van der Waals surface area contributed by atoms with Crippen molar-refractivity contribution in [3.8, 4) is 10.4 Å². The van der Waals surface area contributed by atoms with E-state index in [2.05, 4.69) is 9.59 Å². The van der Waals surface area contributed by atoms with Crippen LogP contribution in [0, 0.1) is 11.6 Å². The molecule has 1 aromatic heterocycles. The van der Waals surface area contributed by atoms with E-state index in [9.17, 15) is 13.6 Å². The van der Waals surface area contributed by atoms with Gasteiger partial charge in [-0.2, -0.15) is 0 Å². The van der Waals surface area contributed by atoms with Gasteiger partial charge < -0.3 is 0 Å². The third-order valence-electron chi connectivity index (χ3n) is 1.80. The van der Waals surface area contributed by atoms with E-state index in [0.717, 1.165) is 23.7 Å². The smallest absolute Gasteiger partial charge is 0.171 e. The SMILES string of the molecule is O=Cc1nnsc1-c1ccc(F)cc1F. The minimum Gasteiger partial charge on any atom is -0.296 e. The second-order valence-electron chi connectivity index (χ2n) is 2.73. The molecule has 0 radical (unpaired) electrons. The largest absolute Gasteiger partial charge is 0.296 e. The summed E-state index contributed by atoms with van der Waals surface area (Å²) in [5.41, 5.74) is 0.194. The number of rotatable bonds is 2. The number of halogens is 2. The van der Waals surface area contributed by atoms with Crippen LogP contribution in [-0.2, 0) is 0 Å². The van der Waals surface area contributed by atoms with Gasteiger partial charge in [-0.15, -0.1) is 5.10 Å². The van der Waals surface area contributed by atoms with Crippen LogP contribution >= 0.6 is 11.5 Å².